The Bertz CT molecular complexity index is 486. The lowest BCUT2D eigenvalue weighted by Crippen LogP contribution is -2.46. The summed E-state index contributed by atoms with van der Waals surface area (Å²) in [5.74, 6) is 1.39. The fraction of sp³-hybridized carbons (Fsp3) is 0.533. The van der Waals surface area contributed by atoms with E-state index in [-0.39, 0.29) is 5.84 Å². The maximum absolute atomic E-state index is 7.46. The van der Waals surface area contributed by atoms with Crippen molar-refractivity contribution in [1.82, 2.24) is 0 Å². The normalized spacial score (nSPS) is 27.4. The second-order valence-electron chi connectivity index (χ2n) is 5.79. The standard InChI is InChI=1S/C15H22ClN3/c1-9-6-10(2)11(3)19(8-9)14-5-4-12(15(17)18)7-13(14)16/h4-5,7,9-11H,6,8H2,1-3H3,(H3,17,18). The van der Waals surface area contributed by atoms with Crippen molar-refractivity contribution in [2.24, 2.45) is 17.6 Å². The zero-order chi connectivity index (χ0) is 14.2. The molecule has 1 aliphatic rings. The van der Waals surface area contributed by atoms with Crippen molar-refractivity contribution in [2.45, 2.75) is 33.2 Å². The summed E-state index contributed by atoms with van der Waals surface area (Å²) in [5.41, 5.74) is 7.23. The molecule has 0 aromatic heterocycles. The number of anilines is 1. The van der Waals surface area contributed by atoms with Crippen LogP contribution in [0, 0.1) is 17.2 Å². The van der Waals surface area contributed by atoms with Crippen molar-refractivity contribution >= 4 is 23.1 Å². The maximum atomic E-state index is 7.46. The molecule has 3 N–H and O–H groups in total. The van der Waals surface area contributed by atoms with Crippen LogP contribution < -0.4 is 10.6 Å². The fourth-order valence-electron chi connectivity index (χ4n) is 2.94. The molecule has 0 radical (unpaired) electrons. The Kier molecular flexibility index (Phi) is 4.04. The zero-order valence-corrected chi connectivity index (χ0v) is 12.5. The van der Waals surface area contributed by atoms with E-state index >= 15 is 0 Å². The predicted octanol–water partition coefficient (Wildman–Crippen LogP) is 3.49. The highest BCUT2D eigenvalue weighted by atomic mass is 35.5. The average Bonchev–Trinajstić information content (AvgIpc) is 2.33. The molecule has 19 heavy (non-hydrogen) atoms. The molecule has 0 aliphatic carbocycles. The molecule has 3 nitrogen and oxygen atoms in total. The smallest absolute Gasteiger partial charge is 0.122 e. The van der Waals surface area contributed by atoms with Crippen molar-refractivity contribution in [3.05, 3.63) is 28.8 Å². The topological polar surface area (TPSA) is 53.1 Å². The first kappa shape index (κ1) is 14.2. The molecule has 0 amide bonds. The number of hydrogen-bond acceptors (Lipinski definition) is 2. The van der Waals surface area contributed by atoms with Crippen molar-refractivity contribution in [2.75, 3.05) is 11.4 Å². The number of nitrogens with zero attached hydrogens (tertiary/aromatic N) is 1. The summed E-state index contributed by atoms with van der Waals surface area (Å²) in [6, 6.07) is 6.13. The predicted molar refractivity (Wildman–Crippen MR) is 82.2 cm³/mol. The highest BCUT2D eigenvalue weighted by Gasteiger charge is 2.29. The number of nitrogens with one attached hydrogen (secondary N) is 1. The van der Waals surface area contributed by atoms with Crippen LogP contribution >= 0.6 is 11.6 Å². The van der Waals surface area contributed by atoms with E-state index in [4.69, 9.17) is 22.7 Å². The largest absolute Gasteiger partial charge is 0.384 e. The van der Waals surface area contributed by atoms with E-state index in [1.807, 2.05) is 12.1 Å². The molecule has 3 atom stereocenters. The minimum absolute atomic E-state index is 0.0573. The third-order valence-corrected chi connectivity index (χ3v) is 4.47. The number of benzene rings is 1. The highest BCUT2D eigenvalue weighted by molar-refractivity contribution is 6.33. The SMILES string of the molecule is CC1CC(C)C(C)N(c2ccc(C(=N)N)cc2Cl)C1. The summed E-state index contributed by atoms with van der Waals surface area (Å²) >= 11 is 6.37. The van der Waals surface area contributed by atoms with E-state index in [1.165, 1.54) is 6.42 Å². The Morgan fingerprint density at radius 2 is 2.05 bits per heavy atom. The lowest BCUT2D eigenvalue weighted by molar-refractivity contribution is 0.297. The van der Waals surface area contributed by atoms with E-state index in [9.17, 15) is 0 Å². The van der Waals surface area contributed by atoms with Gasteiger partial charge in [-0.1, -0.05) is 25.4 Å². The van der Waals surface area contributed by atoms with Crippen LogP contribution in [0.1, 0.15) is 32.8 Å². The molecule has 0 spiro atoms. The molecule has 2 rings (SSSR count). The molecule has 1 aromatic carbocycles. The average molecular weight is 280 g/mol. The van der Waals surface area contributed by atoms with Gasteiger partial charge in [-0.3, -0.25) is 5.41 Å². The van der Waals surface area contributed by atoms with Gasteiger partial charge in [-0.05, 0) is 43.4 Å². The number of halogens is 1. The molecular formula is C15H22ClN3. The van der Waals surface area contributed by atoms with Crippen molar-refractivity contribution in [3.8, 4) is 0 Å². The van der Waals surface area contributed by atoms with Crippen LogP contribution in [-0.4, -0.2) is 18.4 Å². The van der Waals surface area contributed by atoms with Crippen molar-refractivity contribution in [3.63, 3.8) is 0 Å². The van der Waals surface area contributed by atoms with Crippen LogP contribution in [0.25, 0.3) is 0 Å². The molecule has 1 aliphatic heterocycles. The number of nitrogens with two attached hydrogens (primary N) is 1. The monoisotopic (exact) mass is 279 g/mol. The molecule has 1 aromatic rings. The summed E-state index contributed by atoms with van der Waals surface area (Å²) in [7, 11) is 0. The number of rotatable bonds is 2. The van der Waals surface area contributed by atoms with Gasteiger partial charge in [-0.15, -0.1) is 0 Å². The first-order valence-electron chi connectivity index (χ1n) is 6.80. The number of hydrogen-bond donors (Lipinski definition) is 2. The molecule has 104 valence electrons. The van der Waals surface area contributed by atoms with Gasteiger partial charge in [-0.2, -0.15) is 0 Å². The molecule has 0 bridgehead atoms. The molecule has 1 saturated heterocycles. The van der Waals surface area contributed by atoms with Gasteiger partial charge < -0.3 is 10.6 Å². The van der Waals surface area contributed by atoms with Crippen molar-refractivity contribution < 1.29 is 0 Å². The molecule has 1 fully saturated rings. The van der Waals surface area contributed by atoms with Crippen LogP contribution in [0.15, 0.2) is 18.2 Å². The molecule has 4 heteroatoms. The Morgan fingerprint density at radius 3 is 2.63 bits per heavy atom. The van der Waals surface area contributed by atoms with E-state index < -0.39 is 0 Å². The van der Waals surface area contributed by atoms with E-state index in [0.29, 0.717) is 28.5 Å². The maximum Gasteiger partial charge on any atom is 0.122 e. The van der Waals surface area contributed by atoms with Gasteiger partial charge in [0, 0.05) is 18.2 Å². The van der Waals surface area contributed by atoms with Crippen molar-refractivity contribution in [1.29, 1.82) is 5.41 Å². The number of amidine groups is 1. The summed E-state index contributed by atoms with van der Waals surface area (Å²) in [4.78, 5) is 2.38. The second-order valence-corrected chi connectivity index (χ2v) is 6.20. The van der Waals surface area contributed by atoms with Gasteiger partial charge in [0.1, 0.15) is 5.84 Å². The van der Waals surface area contributed by atoms with Crippen LogP contribution in [0.5, 0.6) is 0 Å². The first-order valence-corrected chi connectivity index (χ1v) is 7.18. The summed E-state index contributed by atoms with van der Waals surface area (Å²) < 4.78 is 0. The van der Waals surface area contributed by atoms with Crippen LogP contribution in [0.2, 0.25) is 5.02 Å². The van der Waals surface area contributed by atoms with Gasteiger partial charge in [0.05, 0.1) is 10.7 Å². The lowest BCUT2D eigenvalue weighted by atomic mass is 9.85. The minimum Gasteiger partial charge on any atom is -0.384 e. The van der Waals surface area contributed by atoms with Crippen LogP contribution in [-0.2, 0) is 0 Å². The third kappa shape index (κ3) is 2.86. The Balaban J connectivity index is 2.32. The van der Waals surface area contributed by atoms with E-state index in [2.05, 4.69) is 25.7 Å². The summed E-state index contributed by atoms with van der Waals surface area (Å²) in [6.45, 7) is 7.87. The molecule has 3 unspecified atom stereocenters. The van der Waals surface area contributed by atoms with Gasteiger partial charge in [0.25, 0.3) is 0 Å². The zero-order valence-electron chi connectivity index (χ0n) is 11.8. The molecular weight excluding hydrogens is 258 g/mol. The van der Waals surface area contributed by atoms with Gasteiger partial charge in [0.15, 0.2) is 0 Å². The minimum atomic E-state index is 0.0573. The lowest BCUT2D eigenvalue weighted by Gasteiger charge is -2.43. The molecule has 1 heterocycles. The summed E-state index contributed by atoms with van der Waals surface area (Å²) in [6.07, 6.45) is 1.26. The van der Waals surface area contributed by atoms with E-state index in [1.54, 1.807) is 6.07 Å². The van der Waals surface area contributed by atoms with Crippen LogP contribution in [0.4, 0.5) is 5.69 Å². The summed E-state index contributed by atoms with van der Waals surface area (Å²) in [5, 5.41) is 8.14. The highest BCUT2D eigenvalue weighted by Crippen LogP contribution is 2.35. The molecule has 0 saturated carbocycles. The Labute approximate surface area is 120 Å². The number of piperidine rings is 1. The van der Waals surface area contributed by atoms with E-state index in [0.717, 1.165) is 12.2 Å². The van der Waals surface area contributed by atoms with Gasteiger partial charge >= 0.3 is 0 Å². The Morgan fingerprint density at radius 1 is 1.37 bits per heavy atom. The van der Waals surface area contributed by atoms with Gasteiger partial charge in [-0.25, -0.2) is 0 Å². The second kappa shape index (κ2) is 5.41. The fourth-order valence-corrected chi connectivity index (χ4v) is 3.23. The Hall–Kier alpha value is -1.22. The van der Waals surface area contributed by atoms with Gasteiger partial charge in [0.2, 0.25) is 0 Å². The number of nitrogen functional groups attached to an aromatic ring is 1. The van der Waals surface area contributed by atoms with Crippen LogP contribution in [0.3, 0.4) is 0 Å². The quantitative estimate of drug-likeness (QED) is 0.643. The first-order chi connectivity index (χ1) is 8.90. The third-order valence-electron chi connectivity index (χ3n) is 4.17.